The van der Waals surface area contributed by atoms with Gasteiger partial charge in [0.05, 0.1) is 6.10 Å². The first-order chi connectivity index (χ1) is 12.6. The maximum absolute atomic E-state index is 12.7. The van der Waals surface area contributed by atoms with E-state index < -0.39 is 0 Å². The largest absolute Gasteiger partial charge is 0.375 e. The number of ether oxygens (including phenoxy) is 1. The number of methoxy groups -OCH3 is 1. The molecule has 7 heteroatoms. The number of carbonyl (C=O) groups excluding carboxylic acids is 1. The molecule has 0 bridgehead atoms. The third-order valence-corrected chi connectivity index (χ3v) is 4.51. The molecular formula is C19H18ClN3O2S. The molecule has 134 valence electrons. The van der Waals surface area contributed by atoms with E-state index >= 15 is 0 Å². The Morgan fingerprint density at radius 1 is 1.27 bits per heavy atom. The molecule has 1 atom stereocenters. The van der Waals surface area contributed by atoms with Gasteiger partial charge in [-0.2, -0.15) is 0 Å². The standard InChI is InChI=1S/C19H18ClN3O2S/c1-25-17(13-6-5-7-14(20)10-13)12-21-18(24)16-11-22-19(26)23(16)15-8-3-2-4-9-15/h2-11,17H,12H2,1H3,(H,21,24)(H,22,26). The molecular weight excluding hydrogens is 370 g/mol. The number of rotatable bonds is 6. The fourth-order valence-electron chi connectivity index (χ4n) is 2.69. The van der Waals surface area contributed by atoms with E-state index in [9.17, 15) is 4.79 Å². The van der Waals surface area contributed by atoms with Crippen LogP contribution in [0.3, 0.4) is 0 Å². The van der Waals surface area contributed by atoms with Crippen molar-refractivity contribution in [1.29, 1.82) is 0 Å². The molecule has 26 heavy (non-hydrogen) atoms. The Labute approximate surface area is 161 Å². The molecule has 0 aliphatic rings. The van der Waals surface area contributed by atoms with Crippen molar-refractivity contribution in [3.05, 3.63) is 81.8 Å². The van der Waals surface area contributed by atoms with Crippen LogP contribution in [0.4, 0.5) is 0 Å². The Morgan fingerprint density at radius 3 is 2.73 bits per heavy atom. The number of carbonyl (C=O) groups is 1. The molecule has 1 unspecified atom stereocenters. The zero-order valence-electron chi connectivity index (χ0n) is 14.1. The second kappa shape index (κ2) is 8.31. The summed E-state index contributed by atoms with van der Waals surface area (Å²) in [4.78, 5) is 15.6. The molecule has 2 aromatic carbocycles. The van der Waals surface area contributed by atoms with Crippen LogP contribution in [0.5, 0.6) is 0 Å². The molecule has 0 saturated heterocycles. The summed E-state index contributed by atoms with van der Waals surface area (Å²) in [6.45, 7) is 0.308. The number of nitrogens with zero attached hydrogens (tertiary/aromatic N) is 1. The number of nitrogens with one attached hydrogen (secondary N) is 2. The Kier molecular flexibility index (Phi) is 5.88. The maximum atomic E-state index is 12.7. The van der Waals surface area contributed by atoms with Crippen molar-refractivity contribution in [2.45, 2.75) is 6.10 Å². The first-order valence-electron chi connectivity index (χ1n) is 8.02. The quantitative estimate of drug-likeness (QED) is 0.620. The van der Waals surface area contributed by atoms with E-state index in [-0.39, 0.29) is 12.0 Å². The zero-order valence-corrected chi connectivity index (χ0v) is 15.7. The van der Waals surface area contributed by atoms with E-state index in [1.807, 2.05) is 48.5 Å². The van der Waals surface area contributed by atoms with Gasteiger partial charge < -0.3 is 15.0 Å². The highest BCUT2D eigenvalue weighted by atomic mass is 35.5. The third-order valence-electron chi connectivity index (χ3n) is 3.98. The van der Waals surface area contributed by atoms with Crippen LogP contribution >= 0.6 is 23.8 Å². The first-order valence-corrected chi connectivity index (χ1v) is 8.81. The normalized spacial score (nSPS) is 11.9. The molecule has 0 saturated carbocycles. The number of imidazole rings is 1. The van der Waals surface area contributed by atoms with Crippen LogP contribution in [0.15, 0.2) is 60.8 Å². The average molecular weight is 388 g/mol. The number of aromatic nitrogens is 2. The minimum atomic E-state index is -0.301. The molecule has 3 rings (SSSR count). The van der Waals surface area contributed by atoms with E-state index in [1.54, 1.807) is 23.9 Å². The molecule has 1 amide bonds. The Bertz CT molecular complexity index is 953. The Morgan fingerprint density at radius 2 is 2.04 bits per heavy atom. The summed E-state index contributed by atoms with van der Waals surface area (Å²) >= 11 is 11.3. The fourth-order valence-corrected chi connectivity index (χ4v) is 3.15. The number of benzene rings is 2. The van der Waals surface area contributed by atoms with Crippen LogP contribution in [0.25, 0.3) is 5.69 Å². The molecule has 2 N–H and O–H groups in total. The van der Waals surface area contributed by atoms with Gasteiger partial charge in [0.1, 0.15) is 5.69 Å². The fraction of sp³-hybridized carbons (Fsp3) is 0.158. The summed E-state index contributed by atoms with van der Waals surface area (Å²) in [6.07, 6.45) is 1.30. The van der Waals surface area contributed by atoms with Crippen molar-refractivity contribution in [3.63, 3.8) is 0 Å². The van der Waals surface area contributed by atoms with Gasteiger partial charge in [-0.3, -0.25) is 9.36 Å². The highest BCUT2D eigenvalue weighted by Crippen LogP contribution is 2.20. The van der Waals surface area contributed by atoms with Crippen molar-refractivity contribution in [2.24, 2.45) is 0 Å². The van der Waals surface area contributed by atoms with Gasteiger partial charge >= 0.3 is 0 Å². The minimum Gasteiger partial charge on any atom is -0.375 e. The van der Waals surface area contributed by atoms with Crippen molar-refractivity contribution >= 4 is 29.7 Å². The van der Waals surface area contributed by atoms with Gasteiger partial charge in [0, 0.05) is 30.6 Å². The number of para-hydroxylation sites is 1. The second-order valence-corrected chi connectivity index (χ2v) is 6.46. The molecule has 3 aromatic rings. The Hall–Kier alpha value is -2.41. The number of H-pyrrole nitrogens is 1. The van der Waals surface area contributed by atoms with Crippen molar-refractivity contribution in [3.8, 4) is 5.69 Å². The monoisotopic (exact) mass is 387 g/mol. The predicted molar refractivity (Wildman–Crippen MR) is 104 cm³/mol. The number of amides is 1. The number of hydrogen-bond acceptors (Lipinski definition) is 3. The summed E-state index contributed by atoms with van der Waals surface area (Å²) in [7, 11) is 1.60. The highest BCUT2D eigenvalue weighted by Gasteiger charge is 2.17. The lowest BCUT2D eigenvalue weighted by Gasteiger charge is -2.17. The Balaban J connectivity index is 1.78. The zero-order chi connectivity index (χ0) is 18.5. The van der Waals surface area contributed by atoms with Gasteiger partial charge in [0.25, 0.3) is 5.91 Å². The maximum Gasteiger partial charge on any atom is 0.269 e. The van der Waals surface area contributed by atoms with Crippen LogP contribution in [-0.2, 0) is 4.74 Å². The molecule has 1 aromatic heterocycles. The molecule has 0 spiro atoms. The smallest absolute Gasteiger partial charge is 0.269 e. The van der Waals surface area contributed by atoms with Gasteiger partial charge in [0.15, 0.2) is 4.77 Å². The predicted octanol–water partition coefficient (Wildman–Crippen LogP) is 4.31. The lowest BCUT2D eigenvalue weighted by molar-refractivity contribution is 0.0823. The van der Waals surface area contributed by atoms with Crippen LogP contribution in [-0.4, -0.2) is 29.1 Å². The van der Waals surface area contributed by atoms with Crippen molar-refractivity contribution < 1.29 is 9.53 Å². The molecule has 5 nitrogen and oxygen atoms in total. The lowest BCUT2D eigenvalue weighted by atomic mass is 10.1. The highest BCUT2D eigenvalue weighted by molar-refractivity contribution is 7.71. The summed E-state index contributed by atoms with van der Waals surface area (Å²) < 4.78 is 7.65. The molecule has 0 aliphatic carbocycles. The van der Waals surface area contributed by atoms with E-state index in [0.29, 0.717) is 22.0 Å². The molecule has 1 heterocycles. The van der Waals surface area contributed by atoms with Crippen LogP contribution in [0.2, 0.25) is 5.02 Å². The molecule has 0 aliphatic heterocycles. The van der Waals surface area contributed by atoms with Crippen LogP contribution in [0.1, 0.15) is 22.2 Å². The summed E-state index contributed by atoms with van der Waals surface area (Å²) in [5.74, 6) is -0.245. The number of aromatic amines is 1. The van der Waals surface area contributed by atoms with Gasteiger partial charge in [-0.1, -0.05) is 41.9 Å². The summed E-state index contributed by atoms with van der Waals surface area (Å²) in [5.41, 5.74) is 2.15. The van der Waals surface area contributed by atoms with Crippen molar-refractivity contribution in [1.82, 2.24) is 14.9 Å². The lowest BCUT2D eigenvalue weighted by Crippen LogP contribution is -2.30. The van der Waals surface area contributed by atoms with Crippen molar-refractivity contribution in [2.75, 3.05) is 13.7 Å². The van der Waals surface area contributed by atoms with Crippen LogP contribution < -0.4 is 5.32 Å². The summed E-state index contributed by atoms with van der Waals surface area (Å²) in [5, 5.41) is 3.52. The van der Waals surface area contributed by atoms with Gasteiger partial charge in [-0.15, -0.1) is 0 Å². The third kappa shape index (κ3) is 4.04. The van der Waals surface area contributed by atoms with E-state index in [1.165, 1.54) is 0 Å². The molecule has 0 fully saturated rings. The topological polar surface area (TPSA) is 59.0 Å². The van der Waals surface area contributed by atoms with Gasteiger partial charge in [-0.25, -0.2) is 0 Å². The van der Waals surface area contributed by atoms with Gasteiger partial charge in [0.2, 0.25) is 0 Å². The first kappa shape index (κ1) is 18.4. The average Bonchev–Trinajstić information content (AvgIpc) is 3.04. The van der Waals surface area contributed by atoms with Gasteiger partial charge in [-0.05, 0) is 42.0 Å². The minimum absolute atomic E-state index is 0.245. The van der Waals surface area contributed by atoms with Crippen LogP contribution in [0, 0.1) is 4.77 Å². The van der Waals surface area contributed by atoms with E-state index in [0.717, 1.165) is 11.3 Å². The van der Waals surface area contributed by atoms with E-state index in [4.69, 9.17) is 28.6 Å². The summed E-state index contributed by atoms with van der Waals surface area (Å²) in [6, 6.07) is 16.9. The number of halogens is 1. The molecule has 0 radical (unpaired) electrons. The number of hydrogen-bond donors (Lipinski definition) is 2. The second-order valence-electron chi connectivity index (χ2n) is 5.64. The van der Waals surface area contributed by atoms with E-state index in [2.05, 4.69) is 10.3 Å². The SMILES string of the molecule is COC(CNC(=O)c1c[nH]c(=S)n1-c1ccccc1)c1cccc(Cl)c1.